The smallest absolute Gasteiger partial charge is 0.243 e. The Morgan fingerprint density at radius 1 is 1.21 bits per heavy atom. The summed E-state index contributed by atoms with van der Waals surface area (Å²) in [6.45, 7) is 6.23. The molecule has 5 heteroatoms. The van der Waals surface area contributed by atoms with Crippen LogP contribution in [0.15, 0.2) is 17.0 Å². The largest absolute Gasteiger partial charge is 0.496 e. The number of ether oxygens (including phenoxy) is 1. The monoisotopic (exact) mass is 285 g/mol. The molecule has 0 atom stereocenters. The van der Waals surface area contributed by atoms with Crippen molar-refractivity contribution in [1.29, 1.82) is 0 Å². The molecular formula is C14H23NO3S. The van der Waals surface area contributed by atoms with Gasteiger partial charge in [0.15, 0.2) is 0 Å². The molecule has 0 aliphatic carbocycles. The molecule has 0 N–H and O–H groups in total. The Hall–Kier alpha value is -1.07. The van der Waals surface area contributed by atoms with E-state index in [1.807, 2.05) is 13.8 Å². The molecule has 108 valence electrons. The Bertz CT molecular complexity index is 538. The minimum Gasteiger partial charge on any atom is -0.496 e. The van der Waals surface area contributed by atoms with Gasteiger partial charge in [0.1, 0.15) is 5.75 Å². The average Bonchev–Trinajstić information content (AvgIpc) is 2.37. The van der Waals surface area contributed by atoms with Gasteiger partial charge in [0.25, 0.3) is 0 Å². The van der Waals surface area contributed by atoms with E-state index in [0.29, 0.717) is 22.8 Å². The number of nitrogens with zero attached hydrogens (tertiary/aromatic N) is 1. The SMILES string of the molecule is CCCCN(C)S(=O)(=O)c1cc(C)c(OC)cc1C. The predicted molar refractivity (Wildman–Crippen MR) is 77.2 cm³/mol. The molecule has 1 rings (SSSR count). The first-order chi connectivity index (χ1) is 8.84. The Morgan fingerprint density at radius 3 is 2.37 bits per heavy atom. The highest BCUT2D eigenvalue weighted by molar-refractivity contribution is 7.89. The normalized spacial score (nSPS) is 11.9. The lowest BCUT2D eigenvalue weighted by Gasteiger charge is -2.19. The zero-order chi connectivity index (χ0) is 14.6. The van der Waals surface area contributed by atoms with Crippen molar-refractivity contribution in [2.24, 2.45) is 0 Å². The molecule has 0 aromatic heterocycles. The molecule has 0 amide bonds. The third kappa shape index (κ3) is 3.48. The molecule has 0 aliphatic rings. The number of rotatable bonds is 6. The first-order valence-electron chi connectivity index (χ1n) is 6.46. The molecule has 0 saturated carbocycles. The molecule has 4 nitrogen and oxygen atoms in total. The van der Waals surface area contributed by atoms with Gasteiger partial charge in [-0.1, -0.05) is 13.3 Å². The van der Waals surface area contributed by atoms with Gasteiger partial charge in [0, 0.05) is 13.6 Å². The first-order valence-corrected chi connectivity index (χ1v) is 7.90. The standard InChI is InChI=1S/C14H23NO3S/c1-6-7-8-15(4)19(16,17)14-10-11(2)13(18-5)9-12(14)3/h9-10H,6-8H2,1-5H3. The van der Waals surface area contributed by atoms with Crippen molar-refractivity contribution in [2.45, 2.75) is 38.5 Å². The van der Waals surface area contributed by atoms with E-state index >= 15 is 0 Å². The molecule has 0 unspecified atom stereocenters. The van der Waals surface area contributed by atoms with Gasteiger partial charge in [-0.2, -0.15) is 0 Å². The fraction of sp³-hybridized carbons (Fsp3) is 0.571. The van der Waals surface area contributed by atoms with E-state index in [1.165, 1.54) is 4.31 Å². The summed E-state index contributed by atoms with van der Waals surface area (Å²) in [6, 6.07) is 3.46. The second kappa shape index (κ2) is 6.39. The lowest BCUT2D eigenvalue weighted by molar-refractivity contribution is 0.410. The van der Waals surface area contributed by atoms with Crippen LogP contribution in [0.4, 0.5) is 0 Å². The van der Waals surface area contributed by atoms with Crippen molar-refractivity contribution < 1.29 is 13.2 Å². The van der Waals surface area contributed by atoms with Crippen LogP contribution in [0.1, 0.15) is 30.9 Å². The van der Waals surface area contributed by atoms with Gasteiger partial charge in [-0.15, -0.1) is 0 Å². The third-order valence-electron chi connectivity index (χ3n) is 3.21. The van der Waals surface area contributed by atoms with Crippen LogP contribution < -0.4 is 4.74 Å². The second-order valence-corrected chi connectivity index (χ2v) is 6.78. The fourth-order valence-electron chi connectivity index (χ4n) is 1.93. The quantitative estimate of drug-likeness (QED) is 0.807. The number of hydrogen-bond donors (Lipinski definition) is 0. The molecular weight excluding hydrogens is 262 g/mol. The van der Waals surface area contributed by atoms with Gasteiger partial charge in [-0.05, 0) is 43.5 Å². The zero-order valence-electron chi connectivity index (χ0n) is 12.4. The summed E-state index contributed by atoms with van der Waals surface area (Å²) in [5, 5.41) is 0. The molecule has 0 spiro atoms. The maximum Gasteiger partial charge on any atom is 0.243 e. The van der Waals surface area contributed by atoms with Crippen LogP contribution in [0.25, 0.3) is 0 Å². The summed E-state index contributed by atoms with van der Waals surface area (Å²) in [5.74, 6) is 0.715. The van der Waals surface area contributed by atoms with E-state index in [1.54, 1.807) is 33.2 Å². The second-order valence-electron chi connectivity index (χ2n) is 4.77. The number of aryl methyl sites for hydroxylation is 2. The molecule has 1 aromatic carbocycles. The highest BCUT2D eigenvalue weighted by atomic mass is 32.2. The van der Waals surface area contributed by atoms with Crippen molar-refractivity contribution in [1.82, 2.24) is 4.31 Å². The van der Waals surface area contributed by atoms with Crippen LogP contribution in [0.3, 0.4) is 0 Å². The maximum absolute atomic E-state index is 12.5. The van der Waals surface area contributed by atoms with Crippen LogP contribution >= 0.6 is 0 Å². The minimum atomic E-state index is -3.41. The van der Waals surface area contributed by atoms with E-state index in [-0.39, 0.29) is 0 Å². The van der Waals surface area contributed by atoms with E-state index in [0.717, 1.165) is 18.4 Å². The summed E-state index contributed by atoms with van der Waals surface area (Å²) in [4.78, 5) is 0.365. The molecule has 0 radical (unpaired) electrons. The van der Waals surface area contributed by atoms with Gasteiger partial charge in [-0.3, -0.25) is 0 Å². The first kappa shape index (κ1) is 16.0. The zero-order valence-corrected chi connectivity index (χ0v) is 13.2. The lowest BCUT2D eigenvalue weighted by atomic mass is 10.1. The van der Waals surface area contributed by atoms with Gasteiger partial charge >= 0.3 is 0 Å². The van der Waals surface area contributed by atoms with Gasteiger partial charge in [0.2, 0.25) is 10.0 Å². The number of hydrogen-bond acceptors (Lipinski definition) is 3. The molecule has 0 saturated heterocycles. The van der Waals surface area contributed by atoms with Crippen molar-refractivity contribution in [3.05, 3.63) is 23.3 Å². The van der Waals surface area contributed by atoms with Crippen LogP contribution in [0.5, 0.6) is 5.75 Å². The number of methoxy groups -OCH3 is 1. The molecule has 0 bridgehead atoms. The fourth-order valence-corrected chi connectivity index (χ4v) is 3.43. The Labute approximate surface area is 116 Å². The van der Waals surface area contributed by atoms with Crippen molar-refractivity contribution in [2.75, 3.05) is 20.7 Å². The molecule has 1 aromatic rings. The van der Waals surface area contributed by atoms with Gasteiger partial charge < -0.3 is 4.74 Å². The molecule has 0 aliphatic heterocycles. The Kier molecular flexibility index (Phi) is 5.38. The van der Waals surface area contributed by atoms with Gasteiger partial charge in [-0.25, -0.2) is 12.7 Å². The summed E-state index contributed by atoms with van der Waals surface area (Å²) in [6.07, 6.45) is 1.84. The number of benzene rings is 1. The Balaban J connectivity index is 3.18. The van der Waals surface area contributed by atoms with E-state index < -0.39 is 10.0 Å². The number of sulfonamides is 1. The molecule has 0 heterocycles. The highest BCUT2D eigenvalue weighted by Crippen LogP contribution is 2.27. The average molecular weight is 285 g/mol. The van der Waals surface area contributed by atoms with E-state index in [4.69, 9.17) is 4.74 Å². The van der Waals surface area contributed by atoms with Crippen molar-refractivity contribution in [3.8, 4) is 5.75 Å². The predicted octanol–water partition coefficient (Wildman–Crippen LogP) is 2.73. The summed E-state index contributed by atoms with van der Waals surface area (Å²) >= 11 is 0. The van der Waals surface area contributed by atoms with Crippen LogP contribution in [0.2, 0.25) is 0 Å². The molecule has 0 fully saturated rings. The lowest BCUT2D eigenvalue weighted by Crippen LogP contribution is -2.28. The summed E-state index contributed by atoms with van der Waals surface area (Å²) in [5.41, 5.74) is 1.54. The maximum atomic E-state index is 12.5. The number of unbranched alkanes of at least 4 members (excludes halogenated alkanes) is 1. The summed E-state index contributed by atoms with van der Waals surface area (Å²) in [7, 11) is -0.196. The van der Waals surface area contributed by atoms with E-state index in [2.05, 4.69) is 0 Å². The van der Waals surface area contributed by atoms with Crippen LogP contribution in [-0.4, -0.2) is 33.4 Å². The van der Waals surface area contributed by atoms with Crippen molar-refractivity contribution >= 4 is 10.0 Å². The molecule has 19 heavy (non-hydrogen) atoms. The van der Waals surface area contributed by atoms with E-state index in [9.17, 15) is 8.42 Å². The minimum absolute atomic E-state index is 0.365. The topological polar surface area (TPSA) is 46.6 Å². The van der Waals surface area contributed by atoms with Crippen molar-refractivity contribution in [3.63, 3.8) is 0 Å². The van der Waals surface area contributed by atoms with Crippen LogP contribution in [0, 0.1) is 13.8 Å². The highest BCUT2D eigenvalue weighted by Gasteiger charge is 2.23. The summed E-state index contributed by atoms with van der Waals surface area (Å²) < 4.78 is 31.6. The van der Waals surface area contributed by atoms with Gasteiger partial charge in [0.05, 0.1) is 12.0 Å². The third-order valence-corrected chi connectivity index (χ3v) is 5.21. The van der Waals surface area contributed by atoms with Crippen LogP contribution in [-0.2, 0) is 10.0 Å². The Morgan fingerprint density at radius 2 is 1.84 bits per heavy atom.